The van der Waals surface area contributed by atoms with Crippen LogP contribution in [0.15, 0.2) is 23.1 Å². The third-order valence-electron chi connectivity index (χ3n) is 6.09. The van der Waals surface area contributed by atoms with Crippen LogP contribution in [0.3, 0.4) is 0 Å². The highest BCUT2D eigenvalue weighted by Gasteiger charge is 2.28. The van der Waals surface area contributed by atoms with Gasteiger partial charge in [-0.2, -0.15) is 4.31 Å². The van der Waals surface area contributed by atoms with Gasteiger partial charge in [-0.25, -0.2) is 8.42 Å². The van der Waals surface area contributed by atoms with E-state index < -0.39 is 10.0 Å². The fraction of sp³-hybridized carbons (Fsp3) is 0.682. The molecular weight excluding hydrogens is 400 g/mol. The standard InChI is InChI=1S/C22H36N4O3S/c1-19-6-7-20(2)21(18-19)30(28,29)26(14-5-13-24-11-3-4-12-24)15-8-22(27)25-16-9-23-10-17-25/h6-7,18,23H,3-5,8-17H2,1-2H3. The second-order valence-corrected chi connectivity index (χ2v) is 10.4. The van der Waals surface area contributed by atoms with E-state index in [-0.39, 0.29) is 18.9 Å². The van der Waals surface area contributed by atoms with E-state index in [0.717, 1.165) is 50.3 Å². The number of carbonyl (C=O) groups is 1. The normalized spacial score (nSPS) is 18.3. The number of hydrogen-bond donors (Lipinski definition) is 1. The molecule has 0 atom stereocenters. The Balaban J connectivity index is 1.70. The number of hydrogen-bond acceptors (Lipinski definition) is 5. The van der Waals surface area contributed by atoms with Gasteiger partial charge in [-0.05, 0) is 69.9 Å². The first-order chi connectivity index (χ1) is 14.4. The van der Waals surface area contributed by atoms with Crippen LogP contribution in [0.2, 0.25) is 0 Å². The van der Waals surface area contributed by atoms with Crippen LogP contribution in [-0.2, 0) is 14.8 Å². The second kappa shape index (κ2) is 10.7. The molecule has 8 heteroatoms. The summed E-state index contributed by atoms with van der Waals surface area (Å²) in [7, 11) is -3.64. The Labute approximate surface area is 181 Å². The first-order valence-electron chi connectivity index (χ1n) is 11.2. The molecule has 7 nitrogen and oxygen atoms in total. The monoisotopic (exact) mass is 436 g/mol. The molecule has 168 valence electrons. The number of amides is 1. The summed E-state index contributed by atoms with van der Waals surface area (Å²) in [4.78, 5) is 17.2. The van der Waals surface area contributed by atoms with E-state index in [1.165, 1.54) is 17.1 Å². The fourth-order valence-electron chi connectivity index (χ4n) is 4.25. The van der Waals surface area contributed by atoms with Crippen molar-refractivity contribution in [3.05, 3.63) is 29.3 Å². The van der Waals surface area contributed by atoms with Crippen molar-refractivity contribution in [3.8, 4) is 0 Å². The molecule has 0 aromatic heterocycles. The summed E-state index contributed by atoms with van der Waals surface area (Å²) in [6.07, 6.45) is 3.47. The van der Waals surface area contributed by atoms with Crippen LogP contribution >= 0.6 is 0 Å². The number of benzene rings is 1. The van der Waals surface area contributed by atoms with Crippen molar-refractivity contribution in [2.24, 2.45) is 0 Å². The number of aryl methyl sites for hydroxylation is 2. The molecule has 30 heavy (non-hydrogen) atoms. The summed E-state index contributed by atoms with van der Waals surface area (Å²) >= 11 is 0. The number of nitrogens with zero attached hydrogens (tertiary/aromatic N) is 3. The zero-order valence-corrected chi connectivity index (χ0v) is 19.2. The lowest BCUT2D eigenvalue weighted by Crippen LogP contribution is -2.47. The lowest BCUT2D eigenvalue weighted by molar-refractivity contribution is -0.131. The van der Waals surface area contributed by atoms with Crippen molar-refractivity contribution in [1.82, 2.24) is 19.4 Å². The van der Waals surface area contributed by atoms with Crippen molar-refractivity contribution < 1.29 is 13.2 Å². The molecule has 1 aromatic rings. The number of likely N-dealkylation sites (tertiary alicyclic amines) is 1. The van der Waals surface area contributed by atoms with Crippen molar-refractivity contribution in [3.63, 3.8) is 0 Å². The molecule has 2 saturated heterocycles. The molecule has 0 saturated carbocycles. The number of sulfonamides is 1. The smallest absolute Gasteiger partial charge is 0.243 e. The number of piperazine rings is 1. The van der Waals surface area contributed by atoms with Crippen LogP contribution in [0.4, 0.5) is 0 Å². The largest absolute Gasteiger partial charge is 0.340 e. The predicted molar refractivity (Wildman–Crippen MR) is 119 cm³/mol. The topological polar surface area (TPSA) is 73.0 Å². The van der Waals surface area contributed by atoms with Crippen molar-refractivity contribution >= 4 is 15.9 Å². The van der Waals surface area contributed by atoms with Gasteiger partial charge in [0.1, 0.15) is 0 Å². The van der Waals surface area contributed by atoms with Crippen molar-refractivity contribution in [2.75, 3.05) is 58.9 Å². The van der Waals surface area contributed by atoms with Crippen LogP contribution in [0.1, 0.15) is 36.8 Å². The predicted octanol–water partition coefficient (Wildman–Crippen LogP) is 1.60. The Hall–Kier alpha value is -1.48. The lowest BCUT2D eigenvalue weighted by atomic mass is 10.2. The average molecular weight is 437 g/mol. The molecule has 2 heterocycles. The molecule has 1 N–H and O–H groups in total. The summed E-state index contributed by atoms with van der Waals surface area (Å²) < 4.78 is 28.5. The Morgan fingerprint density at radius 3 is 2.47 bits per heavy atom. The van der Waals surface area contributed by atoms with Crippen LogP contribution in [0.25, 0.3) is 0 Å². The molecule has 0 unspecified atom stereocenters. The molecule has 2 fully saturated rings. The molecule has 2 aliphatic heterocycles. The molecule has 3 rings (SSSR count). The minimum absolute atomic E-state index is 0.0391. The average Bonchev–Trinajstić information content (AvgIpc) is 3.26. The van der Waals surface area contributed by atoms with Crippen molar-refractivity contribution in [2.45, 2.75) is 44.4 Å². The molecule has 0 bridgehead atoms. The van der Waals surface area contributed by atoms with Gasteiger partial charge in [0.2, 0.25) is 15.9 Å². The van der Waals surface area contributed by atoms with E-state index in [0.29, 0.717) is 24.5 Å². The van der Waals surface area contributed by atoms with Gasteiger partial charge < -0.3 is 15.1 Å². The summed E-state index contributed by atoms with van der Waals surface area (Å²) in [5.74, 6) is 0.0391. The van der Waals surface area contributed by atoms with Gasteiger partial charge in [-0.15, -0.1) is 0 Å². The molecule has 0 spiro atoms. The summed E-state index contributed by atoms with van der Waals surface area (Å²) in [5, 5.41) is 3.24. The third-order valence-corrected chi connectivity index (χ3v) is 8.13. The van der Waals surface area contributed by atoms with Crippen LogP contribution in [0.5, 0.6) is 0 Å². The van der Waals surface area contributed by atoms with Gasteiger partial charge in [-0.3, -0.25) is 4.79 Å². The minimum atomic E-state index is -3.64. The van der Waals surface area contributed by atoms with Crippen molar-refractivity contribution in [1.29, 1.82) is 0 Å². The third kappa shape index (κ3) is 6.03. The van der Waals surface area contributed by atoms with Gasteiger partial charge in [0.15, 0.2) is 0 Å². The van der Waals surface area contributed by atoms with E-state index in [1.807, 2.05) is 30.9 Å². The number of rotatable bonds is 9. The van der Waals surface area contributed by atoms with Gasteiger partial charge in [-0.1, -0.05) is 12.1 Å². The number of nitrogens with one attached hydrogen (secondary N) is 1. The van der Waals surface area contributed by atoms with E-state index in [4.69, 9.17) is 0 Å². The van der Waals surface area contributed by atoms with E-state index in [1.54, 1.807) is 6.07 Å². The quantitative estimate of drug-likeness (QED) is 0.637. The SMILES string of the molecule is Cc1ccc(C)c(S(=O)(=O)N(CCCN2CCCC2)CCC(=O)N2CCNCC2)c1. The van der Waals surface area contributed by atoms with Gasteiger partial charge >= 0.3 is 0 Å². The molecule has 1 aromatic carbocycles. The van der Waals surface area contributed by atoms with E-state index in [9.17, 15) is 13.2 Å². The zero-order chi connectivity index (χ0) is 21.6. The van der Waals surface area contributed by atoms with E-state index >= 15 is 0 Å². The molecule has 0 radical (unpaired) electrons. The lowest BCUT2D eigenvalue weighted by Gasteiger charge is -2.29. The first kappa shape index (κ1) is 23.2. The van der Waals surface area contributed by atoms with E-state index in [2.05, 4.69) is 10.2 Å². The molecular formula is C22H36N4O3S. The molecule has 1 amide bonds. The maximum Gasteiger partial charge on any atom is 0.243 e. The maximum absolute atomic E-state index is 13.5. The first-order valence-corrected chi connectivity index (χ1v) is 12.6. The van der Waals surface area contributed by atoms with Gasteiger partial charge in [0.25, 0.3) is 0 Å². The highest BCUT2D eigenvalue weighted by atomic mass is 32.2. The molecule has 2 aliphatic rings. The van der Waals surface area contributed by atoms with Gasteiger partial charge in [0.05, 0.1) is 4.90 Å². The maximum atomic E-state index is 13.5. The Bertz CT molecular complexity index is 816. The molecule has 0 aliphatic carbocycles. The Kier molecular flexibility index (Phi) is 8.27. The fourth-order valence-corrected chi connectivity index (χ4v) is 6.04. The highest BCUT2D eigenvalue weighted by Crippen LogP contribution is 2.22. The Morgan fingerprint density at radius 2 is 1.77 bits per heavy atom. The highest BCUT2D eigenvalue weighted by molar-refractivity contribution is 7.89. The summed E-state index contributed by atoms with van der Waals surface area (Å²) in [6.45, 7) is 10.5. The van der Waals surface area contributed by atoms with Crippen LogP contribution in [-0.4, -0.2) is 87.3 Å². The summed E-state index contributed by atoms with van der Waals surface area (Å²) in [6, 6.07) is 5.53. The second-order valence-electron chi connectivity index (χ2n) is 8.46. The summed E-state index contributed by atoms with van der Waals surface area (Å²) in [5.41, 5.74) is 1.67. The number of carbonyl (C=O) groups excluding carboxylic acids is 1. The van der Waals surface area contributed by atoms with Gasteiger partial charge in [0, 0.05) is 45.7 Å². The van der Waals surface area contributed by atoms with Crippen LogP contribution in [0, 0.1) is 13.8 Å². The zero-order valence-electron chi connectivity index (χ0n) is 18.4. The minimum Gasteiger partial charge on any atom is -0.340 e. The van der Waals surface area contributed by atoms with Crippen LogP contribution < -0.4 is 5.32 Å². The Morgan fingerprint density at radius 1 is 1.07 bits per heavy atom.